The van der Waals surface area contributed by atoms with Gasteiger partial charge < -0.3 is 4.42 Å². The van der Waals surface area contributed by atoms with Crippen LogP contribution in [0.4, 0.5) is 0 Å². The van der Waals surface area contributed by atoms with Crippen molar-refractivity contribution in [2.45, 2.75) is 0 Å². The summed E-state index contributed by atoms with van der Waals surface area (Å²) in [7, 11) is 0. The average Bonchev–Trinajstić information content (AvgIpc) is 3.62. The summed E-state index contributed by atoms with van der Waals surface area (Å²) < 4.78 is 6.63. The molecule has 53 heavy (non-hydrogen) atoms. The Morgan fingerprint density at radius 1 is 0.283 bits per heavy atom. The summed E-state index contributed by atoms with van der Waals surface area (Å²) in [6.45, 7) is 0. The lowest BCUT2D eigenvalue weighted by Crippen LogP contribution is -2.00. The van der Waals surface area contributed by atoms with E-state index in [1.54, 1.807) is 0 Å². The average molecular weight is 678 g/mol. The molecule has 4 nitrogen and oxygen atoms in total. The summed E-state index contributed by atoms with van der Waals surface area (Å²) in [5.74, 6) is 1.85. The van der Waals surface area contributed by atoms with E-state index < -0.39 is 0 Å². The summed E-state index contributed by atoms with van der Waals surface area (Å²) in [5.41, 5.74) is 11.4. The van der Waals surface area contributed by atoms with Crippen molar-refractivity contribution in [3.63, 3.8) is 0 Å². The van der Waals surface area contributed by atoms with Gasteiger partial charge in [0.25, 0.3) is 0 Å². The van der Waals surface area contributed by atoms with Crippen molar-refractivity contribution in [1.29, 1.82) is 0 Å². The lowest BCUT2D eigenvalue weighted by molar-refractivity contribution is 0.673. The van der Waals surface area contributed by atoms with Gasteiger partial charge in [0.1, 0.15) is 11.2 Å². The molecule has 0 fully saturated rings. The Morgan fingerprint density at radius 2 is 0.755 bits per heavy atom. The van der Waals surface area contributed by atoms with Crippen LogP contribution in [-0.4, -0.2) is 15.0 Å². The Balaban J connectivity index is 1.17. The first-order chi connectivity index (χ1) is 26.2. The van der Waals surface area contributed by atoms with Gasteiger partial charge in [0.05, 0.1) is 0 Å². The maximum atomic E-state index is 6.63. The van der Waals surface area contributed by atoms with Gasteiger partial charge in [-0.1, -0.05) is 158 Å². The van der Waals surface area contributed by atoms with Crippen LogP contribution in [0, 0.1) is 0 Å². The lowest BCUT2D eigenvalue weighted by Gasteiger charge is -2.11. The maximum Gasteiger partial charge on any atom is 0.164 e. The normalized spacial score (nSPS) is 11.4. The molecule has 0 bridgehead atoms. The molecule has 0 N–H and O–H groups in total. The molecule has 0 atom stereocenters. The number of benzene rings is 8. The summed E-state index contributed by atoms with van der Waals surface area (Å²) in [6.07, 6.45) is 0. The highest BCUT2D eigenvalue weighted by Gasteiger charge is 2.19. The van der Waals surface area contributed by atoms with Crippen LogP contribution in [0.1, 0.15) is 0 Å². The second kappa shape index (κ2) is 12.9. The smallest absolute Gasteiger partial charge is 0.164 e. The molecule has 0 amide bonds. The van der Waals surface area contributed by atoms with E-state index in [1.807, 2.05) is 42.5 Å². The van der Waals surface area contributed by atoms with Gasteiger partial charge in [-0.3, -0.25) is 0 Å². The number of nitrogens with zero attached hydrogens (tertiary/aromatic N) is 3. The predicted octanol–water partition coefficient (Wildman–Crippen LogP) is 12.9. The van der Waals surface area contributed by atoms with Crippen molar-refractivity contribution in [1.82, 2.24) is 15.0 Å². The maximum absolute atomic E-state index is 6.63. The molecule has 2 aromatic heterocycles. The molecule has 10 aromatic rings. The van der Waals surface area contributed by atoms with E-state index in [9.17, 15) is 0 Å². The lowest BCUT2D eigenvalue weighted by atomic mass is 9.96. The Labute approximate surface area is 306 Å². The Kier molecular flexibility index (Phi) is 7.43. The van der Waals surface area contributed by atoms with Crippen LogP contribution in [-0.2, 0) is 0 Å². The quantitative estimate of drug-likeness (QED) is 0.176. The summed E-state index contributed by atoms with van der Waals surface area (Å²) in [5, 5.41) is 4.09. The van der Waals surface area contributed by atoms with E-state index in [2.05, 4.69) is 146 Å². The molecular formula is C49H31N3O. The molecule has 248 valence electrons. The first-order valence-corrected chi connectivity index (χ1v) is 17.8. The molecule has 0 radical (unpaired) electrons. The standard InChI is InChI=1S/C49H31N3O/c1-4-14-32(15-5-1)35-20-12-22-37(28-35)38-26-27-45-42(30-38)43-31-44(40-24-10-11-25-41(40)46(43)53-45)49-51-47(34-18-8-3-9-19-34)50-48(52-49)39-23-13-21-36(29-39)33-16-6-2-7-17-33/h1-31H. The van der Waals surface area contributed by atoms with Crippen molar-refractivity contribution in [2.24, 2.45) is 0 Å². The zero-order valence-corrected chi connectivity index (χ0v) is 28.6. The van der Waals surface area contributed by atoms with Gasteiger partial charge in [-0.2, -0.15) is 0 Å². The molecule has 4 heteroatoms. The monoisotopic (exact) mass is 677 g/mol. The van der Waals surface area contributed by atoms with Gasteiger partial charge in [0, 0.05) is 32.8 Å². The number of rotatable bonds is 6. The molecule has 0 unspecified atom stereocenters. The third-order valence-electron chi connectivity index (χ3n) is 9.92. The summed E-state index contributed by atoms with van der Waals surface area (Å²) in [6, 6.07) is 65.2. The number of aromatic nitrogens is 3. The van der Waals surface area contributed by atoms with Crippen LogP contribution in [0.3, 0.4) is 0 Å². The highest BCUT2D eigenvalue weighted by atomic mass is 16.3. The molecule has 0 saturated heterocycles. The Morgan fingerprint density at radius 3 is 1.42 bits per heavy atom. The van der Waals surface area contributed by atoms with Crippen molar-refractivity contribution in [3.05, 3.63) is 188 Å². The first-order valence-electron chi connectivity index (χ1n) is 17.8. The minimum absolute atomic E-state index is 0.609. The Bertz CT molecular complexity index is 2940. The topological polar surface area (TPSA) is 51.8 Å². The molecule has 8 aromatic carbocycles. The van der Waals surface area contributed by atoms with Crippen molar-refractivity contribution in [3.8, 4) is 67.5 Å². The molecule has 0 spiro atoms. The van der Waals surface area contributed by atoms with E-state index in [0.717, 1.165) is 71.7 Å². The van der Waals surface area contributed by atoms with Crippen molar-refractivity contribution >= 4 is 32.7 Å². The molecule has 2 heterocycles. The van der Waals surface area contributed by atoms with Gasteiger partial charge in [-0.05, 0) is 69.1 Å². The minimum atomic E-state index is 0.609. The fourth-order valence-electron chi connectivity index (χ4n) is 7.28. The largest absolute Gasteiger partial charge is 0.455 e. The molecule has 0 aliphatic rings. The predicted molar refractivity (Wildman–Crippen MR) is 217 cm³/mol. The molecule has 0 saturated carbocycles. The zero-order valence-electron chi connectivity index (χ0n) is 28.6. The number of fused-ring (bicyclic) bond motifs is 5. The number of hydrogen-bond acceptors (Lipinski definition) is 4. The fraction of sp³-hybridized carbons (Fsp3) is 0. The first kappa shape index (κ1) is 30.6. The van der Waals surface area contributed by atoms with Crippen LogP contribution in [0.5, 0.6) is 0 Å². The van der Waals surface area contributed by atoms with Crippen molar-refractivity contribution in [2.75, 3.05) is 0 Å². The van der Waals surface area contributed by atoms with Gasteiger partial charge >= 0.3 is 0 Å². The third kappa shape index (κ3) is 5.63. The van der Waals surface area contributed by atoms with Gasteiger partial charge in [-0.15, -0.1) is 0 Å². The van der Waals surface area contributed by atoms with E-state index >= 15 is 0 Å². The summed E-state index contributed by atoms with van der Waals surface area (Å²) >= 11 is 0. The van der Waals surface area contributed by atoms with Crippen LogP contribution in [0.25, 0.3) is 100 Å². The van der Waals surface area contributed by atoms with Crippen LogP contribution < -0.4 is 0 Å². The number of furan rings is 1. The van der Waals surface area contributed by atoms with Gasteiger partial charge in [-0.25, -0.2) is 15.0 Å². The van der Waals surface area contributed by atoms with E-state index in [4.69, 9.17) is 19.4 Å². The van der Waals surface area contributed by atoms with Crippen LogP contribution in [0.15, 0.2) is 192 Å². The van der Waals surface area contributed by atoms with Crippen molar-refractivity contribution < 1.29 is 4.42 Å². The van der Waals surface area contributed by atoms with E-state index in [-0.39, 0.29) is 0 Å². The second-order valence-corrected chi connectivity index (χ2v) is 13.2. The molecular weight excluding hydrogens is 647 g/mol. The van der Waals surface area contributed by atoms with Crippen LogP contribution >= 0.6 is 0 Å². The molecule has 0 aliphatic heterocycles. The zero-order chi connectivity index (χ0) is 35.1. The second-order valence-electron chi connectivity index (χ2n) is 13.2. The van der Waals surface area contributed by atoms with Gasteiger partial charge in [0.2, 0.25) is 0 Å². The highest BCUT2D eigenvalue weighted by Crippen LogP contribution is 2.41. The number of hydrogen-bond donors (Lipinski definition) is 0. The third-order valence-corrected chi connectivity index (χ3v) is 9.92. The SMILES string of the molecule is c1ccc(-c2cccc(-c3ccc4oc5c6ccccc6c(-c6nc(-c7ccccc7)nc(-c7cccc(-c8ccccc8)c7)n6)cc5c4c3)c2)cc1. The van der Waals surface area contributed by atoms with E-state index in [1.165, 1.54) is 11.1 Å². The van der Waals surface area contributed by atoms with Gasteiger partial charge in [0.15, 0.2) is 17.5 Å². The minimum Gasteiger partial charge on any atom is -0.455 e. The molecule has 0 aliphatic carbocycles. The summed E-state index contributed by atoms with van der Waals surface area (Å²) in [4.78, 5) is 15.4. The molecule has 10 rings (SSSR count). The highest BCUT2D eigenvalue weighted by molar-refractivity contribution is 6.19. The van der Waals surface area contributed by atoms with Crippen LogP contribution in [0.2, 0.25) is 0 Å². The Hall–Kier alpha value is -7.17. The fourth-order valence-corrected chi connectivity index (χ4v) is 7.28. The van der Waals surface area contributed by atoms with E-state index in [0.29, 0.717) is 17.5 Å².